The average molecular weight is 289 g/mol. The summed E-state index contributed by atoms with van der Waals surface area (Å²) in [6.07, 6.45) is 0.649. The Bertz CT molecular complexity index is 650. The van der Waals surface area contributed by atoms with E-state index in [1.165, 1.54) is 7.11 Å². The maximum atomic E-state index is 11.7. The SMILES string of the molecule is CCc1nc(C(=O)OC)c(N)n1-c1cccc(COC)c1. The van der Waals surface area contributed by atoms with E-state index in [0.29, 0.717) is 18.9 Å². The number of ether oxygens (including phenoxy) is 2. The van der Waals surface area contributed by atoms with Gasteiger partial charge in [-0.15, -0.1) is 0 Å². The number of nitrogens with zero attached hydrogens (tertiary/aromatic N) is 2. The number of hydrogen-bond acceptors (Lipinski definition) is 5. The number of esters is 1. The lowest BCUT2D eigenvalue weighted by Gasteiger charge is -2.10. The Balaban J connectivity index is 2.54. The summed E-state index contributed by atoms with van der Waals surface area (Å²) in [6.45, 7) is 2.46. The molecule has 2 aromatic rings. The zero-order valence-electron chi connectivity index (χ0n) is 12.4. The molecule has 21 heavy (non-hydrogen) atoms. The van der Waals surface area contributed by atoms with E-state index in [0.717, 1.165) is 11.3 Å². The van der Waals surface area contributed by atoms with Crippen LogP contribution in [0.4, 0.5) is 5.82 Å². The van der Waals surface area contributed by atoms with E-state index in [4.69, 9.17) is 15.2 Å². The molecular formula is C15H19N3O3. The number of benzene rings is 1. The molecule has 0 aliphatic rings. The Hall–Kier alpha value is -2.34. The van der Waals surface area contributed by atoms with E-state index in [-0.39, 0.29) is 11.5 Å². The van der Waals surface area contributed by atoms with Crippen LogP contribution in [0.1, 0.15) is 28.8 Å². The summed E-state index contributed by atoms with van der Waals surface area (Å²) in [4.78, 5) is 16.0. The Labute approximate surface area is 123 Å². The summed E-state index contributed by atoms with van der Waals surface area (Å²) in [5.41, 5.74) is 8.09. The topological polar surface area (TPSA) is 79.4 Å². The van der Waals surface area contributed by atoms with Crippen LogP contribution in [0, 0.1) is 0 Å². The van der Waals surface area contributed by atoms with Crippen molar-refractivity contribution >= 4 is 11.8 Å². The number of hydrogen-bond donors (Lipinski definition) is 1. The lowest BCUT2D eigenvalue weighted by Crippen LogP contribution is -2.08. The molecule has 1 aromatic heterocycles. The van der Waals surface area contributed by atoms with E-state index in [9.17, 15) is 4.79 Å². The molecule has 112 valence electrons. The monoisotopic (exact) mass is 289 g/mol. The molecule has 0 fully saturated rings. The third-order valence-corrected chi connectivity index (χ3v) is 3.16. The molecule has 0 spiro atoms. The predicted molar refractivity (Wildman–Crippen MR) is 79.4 cm³/mol. The van der Waals surface area contributed by atoms with Crippen LogP contribution in [0.5, 0.6) is 0 Å². The highest BCUT2D eigenvalue weighted by molar-refractivity contribution is 5.92. The number of imidazole rings is 1. The van der Waals surface area contributed by atoms with Crippen molar-refractivity contribution in [1.82, 2.24) is 9.55 Å². The lowest BCUT2D eigenvalue weighted by atomic mass is 10.2. The molecule has 0 saturated heterocycles. The van der Waals surface area contributed by atoms with E-state index in [2.05, 4.69) is 4.98 Å². The molecular weight excluding hydrogens is 270 g/mol. The first-order valence-electron chi connectivity index (χ1n) is 6.66. The first-order valence-corrected chi connectivity index (χ1v) is 6.66. The highest BCUT2D eigenvalue weighted by atomic mass is 16.5. The predicted octanol–water partition coefficient (Wildman–Crippen LogP) is 1.95. The van der Waals surface area contributed by atoms with Gasteiger partial charge in [-0.05, 0) is 17.7 Å². The van der Waals surface area contributed by atoms with Crippen LogP contribution in [-0.2, 0) is 22.5 Å². The summed E-state index contributed by atoms with van der Waals surface area (Å²) >= 11 is 0. The Kier molecular flexibility index (Phi) is 4.59. The van der Waals surface area contributed by atoms with Crippen LogP contribution in [0.15, 0.2) is 24.3 Å². The molecule has 0 saturated carbocycles. The number of rotatable bonds is 5. The van der Waals surface area contributed by atoms with Gasteiger partial charge in [0.1, 0.15) is 11.6 Å². The summed E-state index contributed by atoms with van der Waals surface area (Å²) < 4.78 is 11.6. The second-order valence-corrected chi connectivity index (χ2v) is 4.55. The van der Waals surface area contributed by atoms with Crippen molar-refractivity contribution in [2.75, 3.05) is 20.0 Å². The van der Waals surface area contributed by atoms with Crippen molar-refractivity contribution in [3.8, 4) is 5.69 Å². The van der Waals surface area contributed by atoms with Crippen molar-refractivity contribution in [2.24, 2.45) is 0 Å². The molecule has 2 N–H and O–H groups in total. The van der Waals surface area contributed by atoms with E-state index in [1.54, 1.807) is 11.7 Å². The van der Waals surface area contributed by atoms with Crippen molar-refractivity contribution in [3.63, 3.8) is 0 Å². The highest BCUT2D eigenvalue weighted by Gasteiger charge is 2.21. The van der Waals surface area contributed by atoms with Crippen molar-refractivity contribution < 1.29 is 14.3 Å². The Morgan fingerprint density at radius 2 is 2.14 bits per heavy atom. The molecule has 0 atom stereocenters. The van der Waals surface area contributed by atoms with E-state index >= 15 is 0 Å². The van der Waals surface area contributed by atoms with E-state index < -0.39 is 5.97 Å². The number of anilines is 1. The molecule has 0 unspecified atom stereocenters. The van der Waals surface area contributed by atoms with Gasteiger partial charge >= 0.3 is 5.97 Å². The van der Waals surface area contributed by atoms with Crippen LogP contribution < -0.4 is 5.73 Å². The number of nitrogen functional groups attached to an aromatic ring is 1. The fourth-order valence-corrected chi connectivity index (χ4v) is 2.21. The van der Waals surface area contributed by atoms with Gasteiger partial charge in [0.05, 0.1) is 13.7 Å². The van der Waals surface area contributed by atoms with Crippen molar-refractivity contribution in [2.45, 2.75) is 20.0 Å². The molecule has 6 nitrogen and oxygen atoms in total. The third kappa shape index (κ3) is 2.90. The van der Waals surface area contributed by atoms with Gasteiger partial charge in [0.25, 0.3) is 0 Å². The number of aromatic nitrogens is 2. The average Bonchev–Trinajstić information content (AvgIpc) is 2.84. The van der Waals surface area contributed by atoms with Gasteiger partial charge in [0.2, 0.25) is 0 Å². The minimum Gasteiger partial charge on any atom is -0.464 e. The van der Waals surface area contributed by atoms with Gasteiger partial charge in [-0.3, -0.25) is 4.57 Å². The number of carbonyl (C=O) groups excluding carboxylic acids is 1. The number of carbonyl (C=O) groups is 1. The number of methoxy groups -OCH3 is 2. The van der Waals surface area contributed by atoms with Gasteiger partial charge in [-0.1, -0.05) is 19.1 Å². The van der Waals surface area contributed by atoms with Gasteiger partial charge in [0.15, 0.2) is 5.69 Å². The molecule has 2 rings (SSSR count). The Morgan fingerprint density at radius 1 is 1.38 bits per heavy atom. The van der Waals surface area contributed by atoms with Crippen LogP contribution in [0.3, 0.4) is 0 Å². The molecule has 0 aliphatic heterocycles. The zero-order valence-corrected chi connectivity index (χ0v) is 12.4. The first-order chi connectivity index (χ1) is 10.1. The van der Waals surface area contributed by atoms with Gasteiger partial charge in [-0.2, -0.15) is 0 Å². The van der Waals surface area contributed by atoms with Crippen molar-refractivity contribution in [3.05, 3.63) is 41.3 Å². The van der Waals surface area contributed by atoms with Crippen LogP contribution in [0.2, 0.25) is 0 Å². The maximum absolute atomic E-state index is 11.7. The summed E-state index contributed by atoms with van der Waals surface area (Å²) in [5, 5.41) is 0. The molecule has 0 aliphatic carbocycles. The molecule has 0 amide bonds. The van der Waals surface area contributed by atoms with Crippen molar-refractivity contribution in [1.29, 1.82) is 0 Å². The summed E-state index contributed by atoms with van der Waals surface area (Å²) in [5.74, 6) is 0.463. The van der Waals surface area contributed by atoms with Gasteiger partial charge < -0.3 is 15.2 Å². The zero-order chi connectivity index (χ0) is 15.4. The third-order valence-electron chi connectivity index (χ3n) is 3.16. The highest BCUT2D eigenvalue weighted by Crippen LogP contribution is 2.23. The minimum atomic E-state index is -0.533. The standard InChI is InChI=1S/C15H19N3O3/c1-4-12-17-13(15(19)21-3)14(16)18(12)11-7-5-6-10(8-11)9-20-2/h5-8H,4,9,16H2,1-3H3. The number of aryl methyl sites for hydroxylation is 1. The lowest BCUT2D eigenvalue weighted by molar-refractivity contribution is 0.0596. The van der Waals surface area contributed by atoms with Crippen LogP contribution >= 0.6 is 0 Å². The van der Waals surface area contributed by atoms with Gasteiger partial charge in [-0.25, -0.2) is 9.78 Å². The van der Waals surface area contributed by atoms with E-state index in [1.807, 2.05) is 31.2 Å². The minimum absolute atomic E-state index is 0.145. The number of nitrogens with two attached hydrogens (primary N) is 1. The molecule has 1 heterocycles. The maximum Gasteiger partial charge on any atom is 0.360 e. The molecule has 0 radical (unpaired) electrons. The largest absolute Gasteiger partial charge is 0.464 e. The molecule has 1 aromatic carbocycles. The van der Waals surface area contributed by atoms with Crippen LogP contribution in [0.25, 0.3) is 5.69 Å². The fraction of sp³-hybridized carbons (Fsp3) is 0.333. The van der Waals surface area contributed by atoms with Crippen LogP contribution in [-0.4, -0.2) is 29.7 Å². The smallest absolute Gasteiger partial charge is 0.360 e. The second-order valence-electron chi connectivity index (χ2n) is 4.55. The summed E-state index contributed by atoms with van der Waals surface area (Å²) in [6, 6.07) is 7.76. The molecule has 6 heteroatoms. The summed E-state index contributed by atoms with van der Waals surface area (Å²) in [7, 11) is 2.96. The Morgan fingerprint density at radius 3 is 2.76 bits per heavy atom. The quantitative estimate of drug-likeness (QED) is 0.851. The fourth-order valence-electron chi connectivity index (χ4n) is 2.21. The first kappa shape index (κ1) is 15.1. The molecule has 0 bridgehead atoms. The second kappa shape index (κ2) is 6.41. The van der Waals surface area contributed by atoms with Gasteiger partial charge in [0, 0.05) is 19.2 Å². The normalized spacial score (nSPS) is 10.6.